The highest BCUT2D eigenvalue weighted by molar-refractivity contribution is 6.63. The maximum Gasteiger partial charge on any atom is 0.224 e. The van der Waals surface area contributed by atoms with Crippen molar-refractivity contribution in [3.05, 3.63) is 23.8 Å². The van der Waals surface area contributed by atoms with Crippen LogP contribution in [0.2, 0.25) is 0 Å². The van der Waals surface area contributed by atoms with E-state index >= 15 is 0 Å². The van der Waals surface area contributed by atoms with Gasteiger partial charge < -0.3 is 0 Å². The summed E-state index contributed by atoms with van der Waals surface area (Å²) in [5.74, 6) is 1.10. The van der Waals surface area contributed by atoms with Gasteiger partial charge in [0.25, 0.3) is 0 Å². The van der Waals surface area contributed by atoms with Gasteiger partial charge in [0.05, 0.1) is 0 Å². The SMILES string of the molecule is CC(C(=O)Cl)[C@H]1CC[C@H]2[C@@H]3CCC4=CC(=O)C=C[C@]4(C)[C@H]3C(=O)C[C@]12C. The molecule has 0 aromatic heterocycles. The number of carbonyl (C=O) groups is 3. The predicted octanol–water partition coefficient (Wildman–Crippen LogP) is 4.49. The number of carbonyl (C=O) groups excluding carboxylic acids is 3. The fourth-order valence-corrected chi connectivity index (χ4v) is 7.20. The first-order valence-corrected chi connectivity index (χ1v) is 10.2. The van der Waals surface area contributed by atoms with Crippen molar-refractivity contribution in [1.29, 1.82) is 0 Å². The summed E-state index contributed by atoms with van der Waals surface area (Å²) in [5, 5.41) is -0.277. The van der Waals surface area contributed by atoms with Gasteiger partial charge in [0.15, 0.2) is 5.78 Å². The molecule has 0 radical (unpaired) electrons. The van der Waals surface area contributed by atoms with E-state index in [2.05, 4.69) is 13.8 Å². The van der Waals surface area contributed by atoms with E-state index in [1.165, 1.54) is 0 Å². The van der Waals surface area contributed by atoms with Crippen molar-refractivity contribution in [2.45, 2.75) is 52.9 Å². The van der Waals surface area contributed by atoms with E-state index < -0.39 is 0 Å². The number of hydrogen-bond acceptors (Lipinski definition) is 3. The molecule has 1 unspecified atom stereocenters. The van der Waals surface area contributed by atoms with Gasteiger partial charge in [0.2, 0.25) is 5.24 Å². The van der Waals surface area contributed by atoms with Crippen molar-refractivity contribution >= 4 is 28.4 Å². The molecule has 0 spiro atoms. The molecule has 7 atom stereocenters. The Morgan fingerprint density at radius 3 is 2.65 bits per heavy atom. The lowest BCUT2D eigenvalue weighted by atomic mass is 9.47. The van der Waals surface area contributed by atoms with Gasteiger partial charge in [-0.1, -0.05) is 32.4 Å². The number of ketones is 2. The molecule has 0 N–H and O–H groups in total. The Bertz CT molecular complexity index is 750. The van der Waals surface area contributed by atoms with Crippen molar-refractivity contribution in [3.63, 3.8) is 0 Å². The van der Waals surface area contributed by atoms with Crippen LogP contribution in [0.4, 0.5) is 0 Å². The molecule has 4 rings (SSSR count). The second-order valence-electron chi connectivity index (χ2n) is 9.40. The Hall–Kier alpha value is -1.22. The second-order valence-corrected chi connectivity index (χ2v) is 9.77. The van der Waals surface area contributed by atoms with Gasteiger partial charge in [-0.2, -0.15) is 0 Å². The molecule has 4 aliphatic rings. The second kappa shape index (κ2) is 5.89. The van der Waals surface area contributed by atoms with E-state index in [-0.39, 0.29) is 39.6 Å². The highest BCUT2D eigenvalue weighted by Gasteiger charge is 2.62. The van der Waals surface area contributed by atoms with Crippen LogP contribution >= 0.6 is 11.6 Å². The zero-order valence-corrected chi connectivity index (χ0v) is 16.5. The fraction of sp³-hybridized carbons (Fsp3) is 0.682. The molecule has 0 heterocycles. The molecule has 3 saturated carbocycles. The van der Waals surface area contributed by atoms with Crippen LogP contribution in [-0.2, 0) is 14.4 Å². The van der Waals surface area contributed by atoms with Crippen LogP contribution in [0, 0.1) is 40.4 Å². The van der Waals surface area contributed by atoms with Crippen LogP contribution in [0.1, 0.15) is 52.9 Å². The van der Waals surface area contributed by atoms with Crippen molar-refractivity contribution in [2.75, 3.05) is 0 Å². The zero-order chi connectivity index (χ0) is 18.9. The Kier molecular flexibility index (Phi) is 4.11. The summed E-state index contributed by atoms with van der Waals surface area (Å²) in [4.78, 5) is 37.0. The van der Waals surface area contributed by atoms with Gasteiger partial charge in [-0.05, 0) is 72.6 Å². The first kappa shape index (κ1) is 18.2. The highest BCUT2D eigenvalue weighted by Crippen LogP contribution is 2.65. The molecule has 0 amide bonds. The number of hydrogen-bond donors (Lipinski definition) is 0. The van der Waals surface area contributed by atoms with Crippen molar-refractivity contribution < 1.29 is 14.4 Å². The smallest absolute Gasteiger partial charge is 0.224 e. The number of allylic oxidation sites excluding steroid dienone is 4. The minimum atomic E-state index is -0.318. The Labute approximate surface area is 160 Å². The van der Waals surface area contributed by atoms with E-state index in [0.717, 1.165) is 31.3 Å². The first-order valence-electron chi connectivity index (χ1n) is 9.85. The molecule has 0 aromatic rings. The Morgan fingerprint density at radius 1 is 1.23 bits per heavy atom. The van der Waals surface area contributed by atoms with Crippen LogP contribution < -0.4 is 0 Å². The van der Waals surface area contributed by atoms with Crippen molar-refractivity contribution in [2.24, 2.45) is 40.4 Å². The number of rotatable bonds is 2. The minimum absolute atomic E-state index is 0.0364. The van der Waals surface area contributed by atoms with Gasteiger partial charge in [-0.25, -0.2) is 0 Å². The third-order valence-corrected chi connectivity index (χ3v) is 8.63. The summed E-state index contributed by atoms with van der Waals surface area (Å²) in [6.07, 6.45) is 9.81. The molecule has 0 aromatic carbocycles. The monoisotopic (exact) mass is 374 g/mol. The van der Waals surface area contributed by atoms with Gasteiger partial charge >= 0.3 is 0 Å². The minimum Gasteiger partial charge on any atom is -0.299 e. The molecule has 3 nitrogen and oxygen atoms in total. The van der Waals surface area contributed by atoms with Gasteiger partial charge in [-0.15, -0.1) is 0 Å². The first-order chi connectivity index (χ1) is 12.2. The lowest BCUT2D eigenvalue weighted by Gasteiger charge is -2.56. The van der Waals surface area contributed by atoms with Crippen LogP contribution in [0.3, 0.4) is 0 Å². The summed E-state index contributed by atoms with van der Waals surface area (Å²) in [6, 6.07) is 0. The number of halogens is 1. The normalized spacial score (nSPS) is 45.5. The molecular weight excluding hydrogens is 348 g/mol. The summed E-state index contributed by atoms with van der Waals surface area (Å²) >= 11 is 5.83. The summed E-state index contributed by atoms with van der Waals surface area (Å²) in [6.45, 7) is 6.27. The van der Waals surface area contributed by atoms with Gasteiger partial charge in [-0.3, -0.25) is 14.4 Å². The Morgan fingerprint density at radius 2 is 1.96 bits per heavy atom. The lowest BCUT2D eigenvalue weighted by molar-refractivity contribution is -0.144. The van der Waals surface area contributed by atoms with Gasteiger partial charge in [0, 0.05) is 23.7 Å². The van der Waals surface area contributed by atoms with Crippen LogP contribution in [-0.4, -0.2) is 16.8 Å². The standard InChI is InChI=1S/C22H27ClO3/c1-12(20(23)26)16-6-7-17-15-5-4-13-10-14(24)8-9-21(13,2)19(15)18(25)11-22(16,17)3/h8-10,12,15-17,19H,4-7,11H2,1-3H3/t12?,15-,16+,17-,19+,21-,22+/m0/s1. The zero-order valence-electron chi connectivity index (χ0n) is 15.8. The van der Waals surface area contributed by atoms with E-state index in [4.69, 9.17) is 11.6 Å². The van der Waals surface area contributed by atoms with Crippen LogP contribution in [0.25, 0.3) is 0 Å². The average Bonchev–Trinajstić information content (AvgIpc) is 2.90. The summed E-state index contributed by atoms with van der Waals surface area (Å²) in [5.41, 5.74) is 0.678. The lowest BCUT2D eigenvalue weighted by Crippen LogP contribution is -2.54. The largest absolute Gasteiger partial charge is 0.299 e. The predicted molar refractivity (Wildman–Crippen MR) is 101 cm³/mol. The molecule has 0 saturated heterocycles. The molecular formula is C22H27ClO3. The van der Waals surface area contributed by atoms with E-state index in [1.807, 2.05) is 13.0 Å². The summed E-state index contributed by atoms with van der Waals surface area (Å²) < 4.78 is 0. The molecule has 3 fully saturated rings. The van der Waals surface area contributed by atoms with E-state index in [9.17, 15) is 14.4 Å². The quantitative estimate of drug-likeness (QED) is 0.669. The van der Waals surface area contributed by atoms with Crippen molar-refractivity contribution in [1.82, 2.24) is 0 Å². The number of fused-ring (bicyclic) bond motifs is 5. The summed E-state index contributed by atoms with van der Waals surface area (Å²) in [7, 11) is 0. The molecule has 4 aliphatic carbocycles. The van der Waals surface area contributed by atoms with E-state index in [0.29, 0.717) is 24.0 Å². The Balaban J connectivity index is 1.71. The van der Waals surface area contributed by atoms with Crippen molar-refractivity contribution in [3.8, 4) is 0 Å². The van der Waals surface area contributed by atoms with Crippen LogP contribution in [0.5, 0.6) is 0 Å². The number of Topliss-reactive ketones (excluding diaryl/α,β-unsaturated/α-hetero) is 1. The average molecular weight is 375 g/mol. The fourth-order valence-electron chi connectivity index (χ4n) is 7.05. The van der Waals surface area contributed by atoms with Crippen LogP contribution in [0.15, 0.2) is 23.8 Å². The third kappa shape index (κ3) is 2.35. The maximum absolute atomic E-state index is 13.4. The maximum atomic E-state index is 13.4. The molecule has 0 bridgehead atoms. The molecule has 4 heteroatoms. The third-order valence-electron chi connectivity index (χ3n) is 8.29. The van der Waals surface area contributed by atoms with Gasteiger partial charge in [0.1, 0.15) is 5.78 Å². The molecule has 0 aliphatic heterocycles. The molecule has 140 valence electrons. The highest BCUT2D eigenvalue weighted by atomic mass is 35.5. The van der Waals surface area contributed by atoms with E-state index in [1.54, 1.807) is 12.2 Å². The molecule has 26 heavy (non-hydrogen) atoms. The topological polar surface area (TPSA) is 51.2 Å².